The molecular weight excluding hydrogens is 341 g/mol. The fraction of sp³-hybridized carbons (Fsp3) is 0.211. The molecule has 0 aromatic heterocycles. The number of amides is 1. The quantitative estimate of drug-likeness (QED) is 0.764. The maximum atomic E-state index is 12.8. The predicted molar refractivity (Wildman–Crippen MR) is 90.8 cm³/mol. The van der Waals surface area contributed by atoms with E-state index in [1.54, 1.807) is 0 Å². The average Bonchev–Trinajstić information content (AvgIpc) is 2.66. The van der Waals surface area contributed by atoms with E-state index < -0.39 is 36.3 Å². The van der Waals surface area contributed by atoms with Crippen LogP contribution in [0.2, 0.25) is 0 Å². The van der Waals surface area contributed by atoms with Crippen molar-refractivity contribution in [2.75, 3.05) is 13.7 Å². The number of rotatable bonds is 7. The third-order valence-electron chi connectivity index (χ3n) is 3.52. The molecule has 0 radical (unpaired) electrons. The van der Waals surface area contributed by atoms with Crippen LogP contribution >= 0.6 is 0 Å². The number of ether oxygens (including phenoxy) is 2. The summed E-state index contributed by atoms with van der Waals surface area (Å²) in [7, 11) is 1.22. The normalized spacial score (nSPS) is 11.3. The molecule has 26 heavy (non-hydrogen) atoms. The molecule has 0 fully saturated rings. The lowest BCUT2D eigenvalue weighted by molar-refractivity contribution is -0.145. The fourth-order valence-corrected chi connectivity index (χ4v) is 2.22. The zero-order chi connectivity index (χ0) is 18.9. The van der Waals surface area contributed by atoms with Crippen molar-refractivity contribution in [3.05, 3.63) is 71.5 Å². The number of esters is 2. The molecule has 0 aliphatic heterocycles. The molecule has 0 spiro atoms. The molecule has 0 unspecified atom stereocenters. The Bertz CT molecular complexity index is 761. The van der Waals surface area contributed by atoms with Gasteiger partial charge in [0.05, 0.1) is 12.7 Å². The van der Waals surface area contributed by atoms with E-state index in [1.807, 2.05) is 30.3 Å². The van der Waals surface area contributed by atoms with Gasteiger partial charge in [-0.25, -0.2) is 14.0 Å². The summed E-state index contributed by atoms with van der Waals surface area (Å²) in [6.45, 7) is -0.571. The smallest absolute Gasteiger partial charge is 0.338 e. The lowest BCUT2D eigenvalue weighted by Crippen LogP contribution is -2.44. The highest BCUT2D eigenvalue weighted by molar-refractivity contribution is 5.92. The van der Waals surface area contributed by atoms with Crippen LogP contribution in [0.3, 0.4) is 0 Å². The lowest BCUT2D eigenvalue weighted by Gasteiger charge is -2.16. The first-order chi connectivity index (χ1) is 12.5. The van der Waals surface area contributed by atoms with Crippen molar-refractivity contribution in [3.8, 4) is 0 Å². The Labute approximate surface area is 149 Å². The van der Waals surface area contributed by atoms with E-state index in [0.717, 1.165) is 17.7 Å². The fourth-order valence-electron chi connectivity index (χ4n) is 2.22. The molecule has 6 nitrogen and oxygen atoms in total. The second-order valence-corrected chi connectivity index (χ2v) is 5.42. The van der Waals surface area contributed by atoms with Gasteiger partial charge in [-0.15, -0.1) is 0 Å². The number of hydrogen-bond acceptors (Lipinski definition) is 5. The van der Waals surface area contributed by atoms with Gasteiger partial charge in [0.15, 0.2) is 6.61 Å². The molecule has 1 amide bonds. The Balaban J connectivity index is 1.91. The molecule has 0 bridgehead atoms. The average molecular weight is 359 g/mol. The Morgan fingerprint density at radius 1 is 1.04 bits per heavy atom. The Morgan fingerprint density at radius 3 is 2.31 bits per heavy atom. The molecule has 1 N–H and O–H groups in total. The van der Waals surface area contributed by atoms with Crippen LogP contribution in [0.5, 0.6) is 0 Å². The summed E-state index contributed by atoms with van der Waals surface area (Å²) in [5, 5.41) is 2.48. The van der Waals surface area contributed by atoms with Crippen LogP contribution in [0, 0.1) is 5.82 Å². The van der Waals surface area contributed by atoms with Gasteiger partial charge in [-0.05, 0) is 29.8 Å². The number of hydrogen-bond donors (Lipinski definition) is 1. The molecule has 2 aromatic rings. The number of carbonyl (C=O) groups excluding carboxylic acids is 3. The SMILES string of the molecule is COC(=O)[C@@H](Cc1ccccc1)NC(=O)COC(=O)c1ccc(F)cc1. The molecule has 7 heteroatoms. The second kappa shape index (κ2) is 9.31. The minimum absolute atomic E-state index is 0.119. The molecule has 0 aliphatic rings. The number of halogens is 1. The molecule has 0 saturated carbocycles. The molecule has 1 atom stereocenters. The Kier molecular flexibility index (Phi) is 6.84. The number of methoxy groups -OCH3 is 1. The Hall–Kier alpha value is -3.22. The van der Waals surface area contributed by atoms with Crippen molar-refractivity contribution < 1.29 is 28.2 Å². The van der Waals surface area contributed by atoms with Crippen LogP contribution in [-0.4, -0.2) is 37.6 Å². The van der Waals surface area contributed by atoms with Crippen LogP contribution in [0.4, 0.5) is 4.39 Å². The number of nitrogens with one attached hydrogen (secondary N) is 1. The monoisotopic (exact) mass is 359 g/mol. The highest BCUT2D eigenvalue weighted by Crippen LogP contribution is 2.06. The highest BCUT2D eigenvalue weighted by atomic mass is 19.1. The van der Waals surface area contributed by atoms with E-state index >= 15 is 0 Å². The first-order valence-corrected chi connectivity index (χ1v) is 7.83. The van der Waals surface area contributed by atoms with Crippen LogP contribution in [0.1, 0.15) is 15.9 Å². The summed E-state index contributed by atoms with van der Waals surface area (Å²) in [6.07, 6.45) is 0.241. The van der Waals surface area contributed by atoms with Gasteiger partial charge in [-0.2, -0.15) is 0 Å². The van der Waals surface area contributed by atoms with Gasteiger partial charge in [0.25, 0.3) is 5.91 Å². The van der Waals surface area contributed by atoms with Gasteiger partial charge in [-0.3, -0.25) is 4.79 Å². The first-order valence-electron chi connectivity index (χ1n) is 7.83. The molecule has 2 aromatic carbocycles. The van der Waals surface area contributed by atoms with Gasteiger partial charge in [0.1, 0.15) is 11.9 Å². The third kappa shape index (κ3) is 5.70. The molecule has 0 heterocycles. The van der Waals surface area contributed by atoms with Gasteiger partial charge in [-0.1, -0.05) is 30.3 Å². The van der Waals surface area contributed by atoms with Crippen molar-refractivity contribution in [2.45, 2.75) is 12.5 Å². The molecule has 136 valence electrons. The van der Waals surface area contributed by atoms with Crippen molar-refractivity contribution in [2.24, 2.45) is 0 Å². The summed E-state index contributed by atoms with van der Waals surface area (Å²) in [4.78, 5) is 35.7. The van der Waals surface area contributed by atoms with Crippen LogP contribution < -0.4 is 5.32 Å². The van der Waals surface area contributed by atoms with Gasteiger partial charge in [0.2, 0.25) is 0 Å². The van der Waals surface area contributed by atoms with E-state index in [4.69, 9.17) is 9.47 Å². The minimum Gasteiger partial charge on any atom is -0.467 e. The van der Waals surface area contributed by atoms with E-state index in [0.29, 0.717) is 0 Å². The van der Waals surface area contributed by atoms with E-state index in [1.165, 1.54) is 19.2 Å². The van der Waals surface area contributed by atoms with Gasteiger partial charge >= 0.3 is 11.9 Å². The maximum absolute atomic E-state index is 12.8. The summed E-state index contributed by atoms with van der Waals surface area (Å²) in [5.41, 5.74) is 0.958. The molecule has 2 rings (SSSR count). The number of benzene rings is 2. The molecular formula is C19H18FNO5. The van der Waals surface area contributed by atoms with Crippen LogP contribution in [0.15, 0.2) is 54.6 Å². The standard InChI is InChI=1S/C19H18FNO5/c1-25-19(24)16(11-13-5-3-2-4-6-13)21-17(22)12-26-18(23)14-7-9-15(20)10-8-14/h2-10,16H,11-12H2,1H3,(H,21,22)/t16-/m1/s1. The van der Waals surface area contributed by atoms with Crippen LogP contribution in [-0.2, 0) is 25.5 Å². The van der Waals surface area contributed by atoms with Crippen molar-refractivity contribution in [1.29, 1.82) is 0 Å². The zero-order valence-corrected chi connectivity index (χ0v) is 14.1. The van der Waals surface area contributed by atoms with Gasteiger partial charge < -0.3 is 14.8 Å². The predicted octanol–water partition coefficient (Wildman–Crippen LogP) is 1.88. The minimum atomic E-state index is -0.903. The second-order valence-electron chi connectivity index (χ2n) is 5.42. The van der Waals surface area contributed by atoms with Crippen molar-refractivity contribution in [1.82, 2.24) is 5.32 Å². The van der Waals surface area contributed by atoms with Crippen molar-refractivity contribution >= 4 is 17.8 Å². The summed E-state index contributed by atoms with van der Waals surface area (Å²) < 4.78 is 22.4. The van der Waals surface area contributed by atoms with Gasteiger partial charge in [0, 0.05) is 6.42 Å². The summed E-state index contributed by atoms with van der Waals surface area (Å²) >= 11 is 0. The molecule has 0 saturated heterocycles. The summed E-state index contributed by atoms with van der Waals surface area (Å²) in [6, 6.07) is 12.9. The van der Waals surface area contributed by atoms with Crippen LogP contribution in [0.25, 0.3) is 0 Å². The zero-order valence-electron chi connectivity index (χ0n) is 14.1. The van der Waals surface area contributed by atoms with E-state index in [9.17, 15) is 18.8 Å². The third-order valence-corrected chi connectivity index (χ3v) is 3.52. The largest absolute Gasteiger partial charge is 0.467 e. The number of carbonyl (C=O) groups is 3. The Morgan fingerprint density at radius 2 is 1.69 bits per heavy atom. The summed E-state index contributed by atoms with van der Waals surface area (Å²) in [5.74, 6) is -2.50. The first kappa shape index (κ1) is 19.1. The van der Waals surface area contributed by atoms with E-state index in [-0.39, 0.29) is 12.0 Å². The van der Waals surface area contributed by atoms with E-state index in [2.05, 4.69) is 5.32 Å². The lowest BCUT2D eigenvalue weighted by atomic mass is 10.1. The highest BCUT2D eigenvalue weighted by Gasteiger charge is 2.22. The maximum Gasteiger partial charge on any atom is 0.338 e. The van der Waals surface area contributed by atoms with Crippen molar-refractivity contribution in [3.63, 3.8) is 0 Å². The topological polar surface area (TPSA) is 81.7 Å². The molecule has 0 aliphatic carbocycles.